The number of hydrogen-bond donors (Lipinski definition) is 1. The molecule has 0 bridgehead atoms. The number of aromatic nitrogens is 2. The number of benzene rings is 2. The second kappa shape index (κ2) is 9.52. The van der Waals surface area contributed by atoms with E-state index in [-0.39, 0.29) is 5.91 Å². The number of para-hydroxylation sites is 2. The first kappa shape index (κ1) is 22.2. The summed E-state index contributed by atoms with van der Waals surface area (Å²) in [5, 5.41) is 3.77. The van der Waals surface area contributed by atoms with Gasteiger partial charge in [-0.3, -0.25) is 4.79 Å². The molecule has 0 unspecified atom stereocenters. The quantitative estimate of drug-likeness (QED) is 0.481. The topological polar surface area (TPSA) is 56.1 Å². The molecule has 0 atom stereocenters. The van der Waals surface area contributed by atoms with Gasteiger partial charge >= 0.3 is 0 Å². The first-order valence-corrected chi connectivity index (χ1v) is 10.7. The van der Waals surface area contributed by atoms with Crippen molar-refractivity contribution in [3.8, 4) is 5.75 Å². The molecule has 1 amide bonds. The van der Waals surface area contributed by atoms with Gasteiger partial charge in [-0.15, -0.1) is 0 Å². The Kier molecular flexibility index (Phi) is 7.03. The fraction of sp³-hybridized carbons (Fsp3) is 0.417. The predicted octanol–water partition coefficient (Wildman–Crippen LogP) is 5.52. The predicted molar refractivity (Wildman–Crippen MR) is 122 cm³/mol. The number of rotatable bonds is 8. The smallest absolute Gasteiger partial charge is 0.225 e. The fourth-order valence-electron chi connectivity index (χ4n) is 3.20. The minimum Gasteiger partial charge on any atom is -0.494 e. The van der Waals surface area contributed by atoms with Crippen LogP contribution in [0.15, 0.2) is 42.5 Å². The maximum atomic E-state index is 12.3. The van der Waals surface area contributed by atoms with E-state index in [2.05, 4.69) is 16.0 Å². The highest BCUT2D eigenvalue weighted by atomic mass is 35.5. The van der Waals surface area contributed by atoms with Crippen molar-refractivity contribution in [3.63, 3.8) is 0 Å². The molecule has 3 rings (SSSR count). The van der Waals surface area contributed by atoms with E-state index in [1.807, 2.05) is 64.1 Å². The molecule has 0 fully saturated rings. The van der Waals surface area contributed by atoms with Gasteiger partial charge in [0.25, 0.3) is 0 Å². The van der Waals surface area contributed by atoms with Gasteiger partial charge in [-0.25, -0.2) is 4.98 Å². The number of amides is 1. The van der Waals surface area contributed by atoms with Crippen molar-refractivity contribution in [3.05, 3.63) is 58.9 Å². The molecule has 0 aliphatic carbocycles. The summed E-state index contributed by atoms with van der Waals surface area (Å²) in [7, 11) is 0. The summed E-state index contributed by atoms with van der Waals surface area (Å²) in [6.07, 6.45) is 1.87. The highest BCUT2D eigenvalue weighted by molar-refractivity contribution is 6.31. The van der Waals surface area contributed by atoms with Crippen molar-refractivity contribution >= 4 is 28.5 Å². The number of ether oxygens (including phenoxy) is 1. The van der Waals surface area contributed by atoms with Gasteiger partial charge in [0.05, 0.1) is 24.2 Å². The normalized spacial score (nSPS) is 11.6. The third-order valence-electron chi connectivity index (χ3n) is 5.00. The molecule has 0 aliphatic heterocycles. The molecule has 0 spiro atoms. The molecule has 0 aliphatic rings. The lowest BCUT2D eigenvalue weighted by molar-refractivity contribution is -0.128. The third kappa shape index (κ3) is 5.54. The molecule has 160 valence electrons. The number of fused-ring (bicyclic) bond motifs is 1. The molecule has 6 heteroatoms. The van der Waals surface area contributed by atoms with Crippen LogP contribution in [0.5, 0.6) is 5.75 Å². The Morgan fingerprint density at radius 1 is 1.17 bits per heavy atom. The van der Waals surface area contributed by atoms with Crippen molar-refractivity contribution in [1.82, 2.24) is 14.9 Å². The number of aryl methyl sites for hydroxylation is 2. The highest BCUT2D eigenvalue weighted by Crippen LogP contribution is 2.22. The standard InChI is InChI=1S/C24H30ClN3O2/c1-17-15-18(11-12-19(17)25)30-14-8-7-13-28-21-10-6-5-9-20(21)27-22(28)16-26-23(29)24(2,3)4/h5-6,9-12,15H,7-8,13-14,16H2,1-4H3,(H,26,29). The second-order valence-electron chi connectivity index (χ2n) is 8.57. The lowest BCUT2D eigenvalue weighted by atomic mass is 9.96. The molecule has 0 radical (unpaired) electrons. The van der Waals surface area contributed by atoms with Gasteiger partial charge in [0.2, 0.25) is 5.91 Å². The lowest BCUT2D eigenvalue weighted by Gasteiger charge is -2.18. The van der Waals surface area contributed by atoms with Gasteiger partial charge in [0, 0.05) is 17.0 Å². The van der Waals surface area contributed by atoms with Gasteiger partial charge in [-0.1, -0.05) is 44.5 Å². The van der Waals surface area contributed by atoms with Crippen LogP contribution in [-0.4, -0.2) is 22.1 Å². The minimum atomic E-state index is -0.422. The van der Waals surface area contributed by atoms with Gasteiger partial charge < -0.3 is 14.6 Å². The Bertz CT molecular complexity index is 1020. The van der Waals surface area contributed by atoms with Crippen LogP contribution in [0.3, 0.4) is 0 Å². The van der Waals surface area contributed by atoms with Crippen molar-refractivity contribution in [2.24, 2.45) is 5.41 Å². The van der Waals surface area contributed by atoms with Crippen molar-refractivity contribution < 1.29 is 9.53 Å². The van der Waals surface area contributed by atoms with Gasteiger partial charge in [-0.05, 0) is 55.7 Å². The summed E-state index contributed by atoms with van der Waals surface area (Å²) >= 11 is 6.06. The molecule has 1 heterocycles. The molecule has 0 saturated heterocycles. The lowest BCUT2D eigenvalue weighted by Crippen LogP contribution is -2.35. The zero-order valence-corrected chi connectivity index (χ0v) is 18.9. The zero-order chi connectivity index (χ0) is 21.7. The monoisotopic (exact) mass is 427 g/mol. The molecule has 1 N–H and O–H groups in total. The summed E-state index contributed by atoms with van der Waals surface area (Å²) in [6, 6.07) is 13.8. The second-order valence-corrected chi connectivity index (χ2v) is 8.97. The summed E-state index contributed by atoms with van der Waals surface area (Å²) in [5.74, 6) is 1.74. The molecule has 0 saturated carbocycles. The zero-order valence-electron chi connectivity index (χ0n) is 18.2. The SMILES string of the molecule is Cc1cc(OCCCCn2c(CNC(=O)C(C)(C)C)nc3ccccc32)ccc1Cl. The van der Waals surface area contributed by atoms with Crippen LogP contribution in [0.2, 0.25) is 5.02 Å². The van der Waals surface area contributed by atoms with Crippen LogP contribution in [0.25, 0.3) is 11.0 Å². The van der Waals surface area contributed by atoms with Crippen LogP contribution >= 0.6 is 11.6 Å². The van der Waals surface area contributed by atoms with Gasteiger partial charge in [0.1, 0.15) is 11.6 Å². The number of unbranched alkanes of at least 4 members (excludes halogenated alkanes) is 1. The number of nitrogens with one attached hydrogen (secondary N) is 1. The minimum absolute atomic E-state index is 0.0211. The average Bonchev–Trinajstić information content (AvgIpc) is 3.05. The number of carbonyl (C=O) groups is 1. The van der Waals surface area contributed by atoms with E-state index in [4.69, 9.17) is 21.3 Å². The van der Waals surface area contributed by atoms with E-state index in [0.717, 1.165) is 52.6 Å². The van der Waals surface area contributed by atoms with Gasteiger partial charge in [-0.2, -0.15) is 0 Å². The average molecular weight is 428 g/mol. The number of carbonyl (C=O) groups excluding carboxylic acids is 1. The maximum Gasteiger partial charge on any atom is 0.225 e. The van der Waals surface area contributed by atoms with Crippen LogP contribution in [0, 0.1) is 12.3 Å². The van der Waals surface area contributed by atoms with Crippen molar-refractivity contribution in [1.29, 1.82) is 0 Å². The first-order valence-electron chi connectivity index (χ1n) is 10.4. The fourth-order valence-corrected chi connectivity index (χ4v) is 3.32. The van der Waals surface area contributed by atoms with E-state index >= 15 is 0 Å². The Morgan fingerprint density at radius 3 is 2.67 bits per heavy atom. The van der Waals surface area contributed by atoms with E-state index in [0.29, 0.717) is 13.2 Å². The summed E-state index contributed by atoms with van der Waals surface area (Å²) in [6.45, 7) is 9.59. The maximum absolute atomic E-state index is 12.3. The number of hydrogen-bond acceptors (Lipinski definition) is 3. The Morgan fingerprint density at radius 2 is 1.93 bits per heavy atom. The Balaban J connectivity index is 1.60. The molecule has 3 aromatic rings. The van der Waals surface area contributed by atoms with Crippen molar-refractivity contribution in [2.75, 3.05) is 6.61 Å². The van der Waals surface area contributed by atoms with Gasteiger partial charge in [0.15, 0.2) is 0 Å². The van der Waals surface area contributed by atoms with E-state index in [9.17, 15) is 4.79 Å². The molecule has 30 heavy (non-hydrogen) atoms. The largest absolute Gasteiger partial charge is 0.494 e. The third-order valence-corrected chi connectivity index (χ3v) is 5.42. The van der Waals surface area contributed by atoms with E-state index < -0.39 is 5.41 Å². The van der Waals surface area contributed by atoms with Crippen molar-refractivity contribution in [2.45, 2.75) is 53.6 Å². The van der Waals surface area contributed by atoms with Crippen LogP contribution in [0.1, 0.15) is 45.0 Å². The van der Waals surface area contributed by atoms with Crippen LogP contribution in [-0.2, 0) is 17.9 Å². The van der Waals surface area contributed by atoms with E-state index in [1.54, 1.807) is 0 Å². The molecule has 2 aromatic carbocycles. The molecule has 5 nitrogen and oxygen atoms in total. The Hall–Kier alpha value is -2.53. The molecule has 1 aromatic heterocycles. The summed E-state index contributed by atoms with van der Waals surface area (Å²) in [4.78, 5) is 17.0. The molecular formula is C24H30ClN3O2. The number of halogens is 1. The van der Waals surface area contributed by atoms with Crippen LogP contribution < -0.4 is 10.1 Å². The van der Waals surface area contributed by atoms with Crippen LogP contribution in [0.4, 0.5) is 0 Å². The highest BCUT2D eigenvalue weighted by Gasteiger charge is 2.21. The molecular weight excluding hydrogens is 398 g/mol. The summed E-state index contributed by atoms with van der Waals surface area (Å²) in [5.41, 5.74) is 2.63. The van der Waals surface area contributed by atoms with E-state index in [1.165, 1.54) is 0 Å². The first-order chi connectivity index (χ1) is 14.3. The Labute approximate surface area is 183 Å². The summed E-state index contributed by atoms with van der Waals surface area (Å²) < 4.78 is 8.05. The number of nitrogens with zero attached hydrogens (tertiary/aromatic N) is 2. The number of imidazole rings is 1.